The first-order valence-corrected chi connectivity index (χ1v) is 11.1. The van der Waals surface area contributed by atoms with Gasteiger partial charge in [-0.05, 0) is 65.1 Å². The fourth-order valence-corrected chi connectivity index (χ4v) is 4.55. The van der Waals surface area contributed by atoms with Crippen molar-refractivity contribution in [3.63, 3.8) is 0 Å². The van der Waals surface area contributed by atoms with Crippen LogP contribution in [0.1, 0.15) is 11.1 Å². The molecule has 0 bridgehead atoms. The minimum absolute atomic E-state index is 0.475. The van der Waals surface area contributed by atoms with E-state index in [1.165, 1.54) is 12.1 Å². The highest BCUT2D eigenvalue weighted by molar-refractivity contribution is 5.93. The second-order valence-electron chi connectivity index (χ2n) is 8.48. The van der Waals surface area contributed by atoms with E-state index in [-0.39, 0.29) is 0 Å². The molecule has 1 saturated heterocycles. The van der Waals surface area contributed by atoms with Crippen LogP contribution in [0, 0.1) is 6.92 Å². The number of aromatic nitrogens is 1. The number of benzene rings is 3. The Morgan fingerprint density at radius 2 is 1.68 bits per heavy atom. The standard InChI is InChI=1S/C27H24F3N3O/c1-17-4-2-7-22(18-5-3-6-21(15-18)27(28,29)30)25(17)19-8-9-23-20(14-19)16-24(26(31)32-23)33-10-12-34-13-11-33/h2-9,14-16H,10-13H2,1H3,(H2,31,32). The van der Waals surface area contributed by atoms with Crippen molar-refractivity contribution in [2.24, 2.45) is 0 Å². The largest absolute Gasteiger partial charge is 0.416 e. The molecule has 0 atom stereocenters. The number of halogens is 3. The fourth-order valence-electron chi connectivity index (χ4n) is 4.55. The van der Waals surface area contributed by atoms with Gasteiger partial charge < -0.3 is 15.4 Å². The Hall–Kier alpha value is -3.58. The molecule has 3 aromatic carbocycles. The summed E-state index contributed by atoms with van der Waals surface area (Å²) < 4.78 is 45.5. The molecule has 0 unspecified atom stereocenters. The van der Waals surface area contributed by atoms with Crippen LogP contribution in [0.3, 0.4) is 0 Å². The Kier molecular flexibility index (Phi) is 5.65. The van der Waals surface area contributed by atoms with Crippen molar-refractivity contribution in [3.8, 4) is 22.3 Å². The lowest BCUT2D eigenvalue weighted by Gasteiger charge is -2.29. The third-order valence-corrected chi connectivity index (χ3v) is 6.24. The van der Waals surface area contributed by atoms with Gasteiger partial charge >= 0.3 is 6.18 Å². The molecule has 2 heterocycles. The molecule has 1 aliphatic heterocycles. The summed E-state index contributed by atoms with van der Waals surface area (Å²) in [5.41, 5.74) is 11.3. The predicted molar refractivity (Wildman–Crippen MR) is 130 cm³/mol. The quantitative estimate of drug-likeness (QED) is 0.387. The number of anilines is 2. The van der Waals surface area contributed by atoms with Gasteiger partial charge in [-0.3, -0.25) is 0 Å². The average molecular weight is 464 g/mol. The number of morpholine rings is 1. The molecular formula is C27H24F3N3O. The third-order valence-electron chi connectivity index (χ3n) is 6.24. The summed E-state index contributed by atoms with van der Waals surface area (Å²) in [6, 6.07) is 19.1. The fraction of sp³-hybridized carbons (Fsp3) is 0.222. The molecule has 4 nitrogen and oxygen atoms in total. The van der Waals surface area contributed by atoms with Gasteiger partial charge in [-0.1, -0.05) is 36.4 Å². The normalized spacial score (nSPS) is 14.5. The SMILES string of the molecule is Cc1cccc(-c2cccc(C(F)(F)F)c2)c1-c1ccc2nc(N)c(N3CCOCC3)cc2c1. The monoisotopic (exact) mass is 463 g/mol. The van der Waals surface area contributed by atoms with E-state index in [0.717, 1.165) is 58.0 Å². The molecule has 5 rings (SSSR count). The molecular weight excluding hydrogens is 439 g/mol. The molecule has 0 amide bonds. The number of fused-ring (bicyclic) bond motifs is 1. The summed E-state index contributed by atoms with van der Waals surface area (Å²) in [5, 5.41) is 0.923. The van der Waals surface area contributed by atoms with Crippen LogP contribution < -0.4 is 10.6 Å². The number of alkyl halides is 3. The van der Waals surface area contributed by atoms with E-state index in [2.05, 4.69) is 9.88 Å². The number of rotatable bonds is 3. The maximum absolute atomic E-state index is 13.4. The lowest BCUT2D eigenvalue weighted by Crippen LogP contribution is -2.36. The number of aryl methyl sites for hydroxylation is 1. The highest BCUT2D eigenvalue weighted by Crippen LogP contribution is 2.39. The molecule has 4 aromatic rings. The molecule has 7 heteroatoms. The van der Waals surface area contributed by atoms with Crippen LogP contribution in [-0.4, -0.2) is 31.3 Å². The summed E-state index contributed by atoms with van der Waals surface area (Å²) in [7, 11) is 0. The first kappa shape index (κ1) is 22.2. The summed E-state index contributed by atoms with van der Waals surface area (Å²) >= 11 is 0. The van der Waals surface area contributed by atoms with Crippen LogP contribution in [0.2, 0.25) is 0 Å². The smallest absolute Gasteiger partial charge is 0.382 e. The maximum Gasteiger partial charge on any atom is 0.416 e. The molecule has 0 aliphatic carbocycles. The van der Waals surface area contributed by atoms with Gasteiger partial charge in [-0.15, -0.1) is 0 Å². The molecule has 0 saturated carbocycles. The van der Waals surface area contributed by atoms with E-state index in [1.54, 1.807) is 6.07 Å². The Bertz CT molecular complexity index is 1360. The highest BCUT2D eigenvalue weighted by Gasteiger charge is 2.30. The van der Waals surface area contributed by atoms with Crippen molar-refractivity contribution in [1.82, 2.24) is 4.98 Å². The molecule has 1 fully saturated rings. The van der Waals surface area contributed by atoms with Crippen LogP contribution in [0.5, 0.6) is 0 Å². The minimum atomic E-state index is -4.40. The number of hydrogen-bond donors (Lipinski definition) is 1. The highest BCUT2D eigenvalue weighted by atomic mass is 19.4. The van der Waals surface area contributed by atoms with Crippen molar-refractivity contribution >= 4 is 22.4 Å². The van der Waals surface area contributed by atoms with E-state index < -0.39 is 11.7 Å². The van der Waals surface area contributed by atoms with E-state index in [9.17, 15) is 13.2 Å². The van der Waals surface area contributed by atoms with Gasteiger partial charge in [0.2, 0.25) is 0 Å². The minimum Gasteiger partial charge on any atom is -0.382 e. The zero-order valence-electron chi connectivity index (χ0n) is 18.7. The Morgan fingerprint density at radius 3 is 2.44 bits per heavy atom. The van der Waals surface area contributed by atoms with E-state index in [0.29, 0.717) is 24.6 Å². The Balaban J connectivity index is 1.64. The maximum atomic E-state index is 13.4. The van der Waals surface area contributed by atoms with Gasteiger partial charge in [0.25, 0.3) is 0 Å². The first-order valence-electron chi connectivity index (χ1n) is 11.1. The van der Waals surface area contributed by atoms with Crippen molar-refractivity contribution in [3.05, 3.63) is 77.9 Å². The van der Waals surface area contributed by atoms with Crippen molar-refractivity contribution in [2.45, 2.75) is 13.1 Å². The van der Waals surface area contributed by atoms with E-state index in [1.807, 2.05) is 49.4 Å². The van der Waals surface area contributed by atoms with Crippen LogP contribution in [0.4, 0.5) is 24.7 Å². The lowest BCUT2D eigenvalue weighted by molar-refractivity contribution is -0.137. The molecule has 1 aromatic heterocycles. The number of pyridine rings is 1. The Morgan fingerprint density at radius 1 is 0.912 bits per heavy atom. The van der Waals surface area contributed by atoms with Crippen molar-refractivity contribution < 1.29 is 17.9 Å². The summed E-state index contributed by atoms with van der Waals surface area (Å²) in [6.07, 6.45) is -4.40. The van der Waals surface area contributed by atoms with E-state index in [4.69, 9.17) is 10.5 Å². The van der Waals surface area contributed by atoms with Crippen molar-refractivity contribution in [2.75, 3.05) is 36.9 Å². The summed E-state index contributed by atoms with van der Waals surface area (Å²) in [6.45, 7) is 4.74. The zero-order valence-corrected chi connectivity index (χ0v) is 18.7. The predicted octanol–water partition coefficient (Wildman–Crippen LogP) is 6.31. The van der Waals surface area contributed by atoms with E-state index >= 15 is 0 Å². The third kappa shape index (κ3) is 4.19. The number of nitrogen functional groups attached to an aromatic ring is 1. The second kappa shape index (κ2) is 8.65. The zero-order chi connectivity index (χ0) is 23.9. The number of nitrogens with zero attached hydrogens (tertiary/aromatic N) is 2. The number of hydrogen-bond acceptors (Lipinski definition) is 4. The average Bonchev–Trinajstić information content (AvgIpc) is 2.83. The van der Waals surface area contributed by atoms with Crippen LogP contribution in [0.15, 0.2) is 66.7 Å². The lowest BCUT2D eigenvalue weighted by atomic mass is 9.90. The van der Waals surface area contributed by atoms with Crippen LogP contribution >= 0.6 is 0 Å². The van der Waals surface area contributed by atoms with Crippen molar-refractivity contribution in [1.29, 1.82) is 0 Å². The van der Waals surface area contributed by atoms with Gasteiger partial charge in [0, 0.05) is 18.5 Å². The van der Waals surface area contributed by atoms with Crippen LogP contribution in [0.25, 0.3) is 33.2 Å². The second-order valence-corrected chi connectivity index (χ2v) is 8.48. The van der Waals surface area contributed by atoms with Gasteiger partial charge in [0.15, 0.2) is 0 Å². The number of ether oxygens (including phenoxy) is 1. The van der Waals surface area contributed by atoms with Gasteiger partial charge in [0.1, 0.15) is 5.82 Å². The summed E-state index contributed by atoms with van der Waals surface area (Å²) in [4.78, 5) is 6.76. The first-order chi connectivity index (χ1) is 16.3. The topological polar surface area (TPSA) is 51.4 Å². The van der Waals surface area contributed by atoms with Crippen LogP contribution in [-0.2, 0) is 10.9 Å². The van der Waals surface area contributed by atoms with Gasteiger partial charge in [-0.25, -0.2) is 4.98 Å². The molecule has 0 spiro atoms. The molecule has 34 heavy (non-hydrogen) atoms. The molecule has 174 valence electrons. The Labute approximate surface area is 195 Å². The van der Waals surface area contributed by atoms with Gasteiger partial charge in [-0.2, -0.15) is 13.2 Å². The van der Waals surface area contributed by atoms with Gasteiger partial charge in [0.05, 0.1) is 30.0 Å². The molecule has 0 radical (unpaired) electrons. The molecule has 1 aliphatic rings. The summed E-state index contributed by atoms with van der Waals surface area (Å²) in [5.74, 6) is 0.475. The molecule has 2 N–H and O–H groups in total. The number of nitrogens with two attached hydrogens (primary N) is 1.